The largest absolute Gasteiger partial charge is 0.361 e. The summed E-state index contributed by atoms with van der Waals surface area (Å²) in [7, 11) is 0. The summed E-state index contributed by atoms with van der Waals surface area (Å²) in [6.07, 6.45) is 0.711. The molecule has 1 unspecified atom stereocenters. The Hall–Kier alpha value is -1.84. The molecular formula is C11H14N2O2. The third kappa shape index (κ3) is 3.09. The summed E-state index contributed by atoms with van der Waals surface area (Å²) in [5.41, 5.74) is 5.83. The number of hydrogen-bond donors (Lipinski definition) is 2. The molecule has 0 aliphatic rings. The molecule has 0 saturated carbocycles. The van der Waals surface area contributed by atoms with Crippen molar-refractivity contribution in [2.24, 2.45) is 5.73 Å². The van der Waals surface area contributed by atoms with Gasteiger partial charge in [0.05, 0.1) is 6.04 Å². The van der Waals surface area contributed by atoms with Crippen molar-refractivity contribution in [1.29, 1.82) is 0 Å². The van der Waals surface area contributed by atoms with Crippen molar-refractivity contribution in [3.63, 3.8) is 0 Å². The Morgan fingerprint density at radius 3 is 2.40 bits per heavy atom. The van der Waals surface area contributed by atoms with Gasteiger partial charge in [0.2, 0.25) is 0 Å². The van der Waals surface area contributed by atoms with Crippen LogP contribution in [0.25, 0.3) is 0 Å². The second-order valence-electron chi connectivity index (χ2n) is 3.21. The molecule has 0 heterocycles. The van der Waals surface area contributed by atoms with E-state index < -0.39 is 11.8 Å². The minimum atomic E-state index is -0.954. The molecule has 80 valence electrons. The fourth-order valence-electron chi connectivity index (χ4n) is 1.34. The number of carbonyl (C=O) groups excluding carboxylic acids is 2. The van der Waals surface area contributed by atoms with Gasteiger partial charge in [-0.25, -0.2) is 0 Å². The minimum absolute atomic E-state index is 0.161. The van der Waals surface area contributed by atoms with Crippen molar-refractivity contribution in [2.45, 2.75) is 19.4 Å². The van der Waals surface area contributed by atoms with Gasteiger partial charge in [-0.2, -0.15) is 0 Å². The van der Waals surface area contributed by atoms with Crippen LogP contribution >= 0.6 is 0 Å². The smallest absolute Gasteiger partial charge is 0.309 e. The first kappa shape index (κ1) is 11.2. The third-order valence-electron chi connectivity index (χ3n) is 2.14. The first-order chi connectivity index (χ1) is 7.15. The van der Waals surface area contributed by atoms with Crippen molar-refractivity contribution < 1.29 is 9.59 Å². The number of rotatable bonds is 3. The molecule has 15 heavy (non-hydrogen) atoms. The summed E-state index contributed by atoms with van der Waals surface area (Å²) in [4.78, 5) is 21.7. The molecule has 0 bridgehead atoms. The predicted molar refractivity (Wildman–Crippen MR) is 56.8 cm³/mol. The number of nitrogens with two attached hydrogens (primary N) is 1. The van der Waals surface area contributed by atoms with Crippen LogP contribution in [0.15, 0.2) is 30.3 Å². The summed E-state index contributed by atoms with van der Waals surface area (Å²) in [5, 5.41) is 2.57. The van der Waals surface area contributed by atoms with Crippen molar-refractivity contribution in [3.05, 3.63) is 35.9 Å². The molecule has 0 aliphatic heterocycles. The average molecular weight is 206 g/mol. The number of nitrogens with one attached hydrogen (secondary N) is 1. The summed E-state index contributed by atoms with van der Waals surface area (Å²) in [6.45, 7) is 1.93. The molecule has 1 atom stereocenters. The van der Waals surface area contributed by atoms with E-state index in [0.717, 1.165) is 5.56 Å². The van der Waals surface area contributed by atoms with E-state index in [1.807, 2.05) is 37.3 Å². The molecule has 1 rings (SSSR count). The molecule has 4 heteroatoms. The SMILES string of the molecule is CCC(NC(=O)C(N)=O)c1ccccc1. The Morgan fingerprint density at radius 1 is 1.33 bits per heavy atom. The van der Waals surface area contributed by atoms with Crippen LogP contribution in [0, 0.1) is 0 Å². The van der Waals surface area contributed by atoms with E-state index in [4.69, 9.17) is 5.73 Å². The molecule has 1 aromatic rings. The van der Waals surface area contributed by atoms with Gasteiger partial charge < -0.3 is 11.1 Å². The zero-order valence-electron chi connectivity index (χ0n) is 8.57. The second kappa shape index (κ2) is 5.14. The zero-order chi connectivity index (χ0) is 11.3. The van der Waals surface area contributed by atoms with Crippen LogP contribution in [0.2, 0.25) is 0 Å². The van der Waals surface area contributed by atoms with E-state index in [9.17, 15) is 9.59 Å². The number of benzene rings is 1. The Balaban J connectivity index is 2.73. The maximum absolute atomic E-state index is 11.1. The lowest BCUT2D eigenvalue weighted by Gasteiger charge is -2.15. The summed E-state index contributed by atoms with van der Waals surface area (Å²) in [6, 6.07) is 9.30. The first-order valence-electron chi connectivity index (χ1n) is 4.80. The highest BCUT2D eigenvalue weighted by molar-refractivity contribution is 6.34. The number of hydrogen-bond acceptors (Lipinski definition) is 2. The van der Waals surface area contributed by atoms with Crippen LogP contribution in [-0.2, 0) is 9.59 Å². The Morgan fingerprint density at radius 2 is 1.93 bits per heavy atom. The average Bonchev–Trinajstić information content (AvgIpc) is 2.26. The van der Waals surface area contributed by atoms with Gasteiger partial charge in [0.1, 0.15) is 0 Å². The van der Waals surface area contributed by atoms with Gasteiger partial charge in [-0.15, -0.1) is 0 Å². The highest BCUT2D eigenvalue weighted by Gasteiger charge is 2.15. The summed E-state index contributed by atoms with van der Waals surface area (Å²) in [5.74, 6) is -1.70. The molecule has 0 aliphatic carbocycles. The predicted octanol–water partition coefficient (Wildman–Crippen LogP) is 0.739. The van der Waals surface area contributed by atoms with Gasteiger partial charge in [0.25, 0.3) is 0 Å². The highest BCUT2D eigenvalue weighted by Crippen LogP contribution is 2.15. The maximum Gasteiger partial charge on any atom is 0.309 e. The van der Waals surface area contributed by atoms with E-state index in [1.165, 1.54) is 0 Å². The molecule has 0 saturated heterocycles. The fraction of sp³-hybridized carbons (Fsp3) is 0.273. The fourth-order valence-corrected chi connectivity index (χ4v) is 1.34. The van der Waals surface area contributed by atoms with Crippen LogP contribution in [0.5, 0.6) is 0 Å². The van der Waals surface area contributed by atoms with E-state index in [0.29, 0.717) is 6.42 Å². The third-order valence-corrected chi connectivity index (χ3v) is 2.14. The number of amides is 2. The van der Waals surface area contributed by atoms with Crippen LogP contribution in [-0.4, -0.2) is 11.8 Å². The molecule has 0 spiro atoms. The topological polar surface area (TPSA) is 72.2 Å². The van der Waals surface area contributed by atoms with Crippen LogP contribution in [0.1, 0.15) is 24.9 Å². The van der Waals surface area contributed by atoms with Crippen LogP contribution in [0.3, 0.4) is 0 Å². The van der Waals surface area contributed by atoms with Crippen molar-refractivity contribution in [2.75, 3.05) is 0 Å². The van der Waals surface area contributed by atoms with E-state index in [-0.39, 0.29) is 6.04 Å². The van der Waals surface area contributed by atoms with Gasteiger partial charge >= 0.3 is 11.8 Å². The molecule has 0 aromatic heterocycles. The van der Waals surface area contributed by atoms with Crippen LogP contribution < -0.4 is 11.1 Å². The zero-order valence-corrected chi connectivity index (χ0v) is 8.57. The maximum atomic E-state index is 11.1. The second-order valence-corrected chi connectivity index (χ2v) is 3.21. The minimum Gasteiger partial charge on any atom is -0.361 e. The normalized spacial score (nSPS) is 11.8. The van der Waals surface area contributed by atoms with Crippen molar-refractivity contribution in [1.82, 2.24) is 5.32 Å². The molecule has 4 nitrogen and oxygen atoms in total. The van der Waals surface area contributed by atoms with Gasteiger partial charge in [-0.05, 0) is 12.0 Å². The Labute approximate surface area is 88.5 Å². The molecule has 3 N–H and O–H groups in total. The van der Waals surface area contributed by atoms with Gasteiger partial charge in [-0.1, -0.05) is 37.3 Å². The molecule has 2 amide bonds. The monoisotopic (exact) mass is 206 g/mol. The van der Waals surface area contributed by atoms with Gasteiger partial charge in [0, 0.05) is 0 Å². The number of carbonyl (C=O) groups is 2. The van der Waals surface area contributed by atoms with E-state index >= 15 is 0 Å². The van der Waals surface area contributed by atoms with Crippen LogP contribution in [0.4, 0.5) is 0 Å². The van der Waals surface area contributed by atoms with Gasteiger partial charge in [0.15, 0.2) is 0 Å². The van der Waals surface area contributed by atoms with E-state index in [2.05, 4.69) is 5.32 Å². The molecule has 0 radical (unpaired) electrons. The first-order valence-corrected chi connectivity index (χ1v) is 4.80. The quantitative estimate of drug-likeness (QED) is 0.716. The van der Waals surface area contributed by atoms with E-state index in [1.54, 1.807) is 0 Å². The highest BCUT2D eigenvalue weighted by atomic mass is 16.2. The molecule has 1 aromatic carbocycles. The van der Waals surface area contributed by atoms with Gasteiger partial charge in [-0.3, -0.25) is 9.59 Å². The van der Waals surface area contributed by atoms with Crippen molar-refractivity contribution >= 4 is 11.8 Å². The molecule has 0 fully saturated rings. The summed E-state index contributed by atoms with van der Waals surface area (Å²) < 4.78 is 0. The van der Waals surface area contributed by atoms with Crippen molar-refractivity contribution in [3.8, 4) is 0 Å². The lowest BCUT2D eigenvalue weighted by atomic mass is 10.0. The standard InChI is InChI=1S/C11H14N2O2/c1-2-9(13-11(15)10(12)14)8-6-4-3-5-7-8/h3-7,9H,2H2,1H3,(H2,12,14)(H,13,15). The lowest BCUT2D eigenvalue weighted by Crippen LogP contribution is -2.38. The summed E-state index contributed by atoms with van der Waals surface area (Å²) >= 11 is 0. The Kier molecular flexibility index (Phi) is 3.85. The number of primary amides is 1. The Bertz CT molecular complexity index is 349. The lowest BCUT2D eigenvalue weighted by molar-refractivity contribution is -0.137. The molecular weight excluding hydrogens is 192 g/mol.